The number of hydrogen-bond donors (Lipinski definition) is 1. The van der Waals surface area contributed by atoms with E-state index in [1.807, 2.05) is 25.1 Å². The molecule has 0 bridgehead atoms. The van der Waals surface area contributed by atoms with Gasteiger partial charge in [-0.3, -0.25) is 9.98 Å². The standard InChI is InChI=1S/C15H20N2O2/c1-3-17-10-11-5-4-6-14(15(11)16-2)19-13-8-7-12(18)9-13/h4-6,10,12-13,18H,2-3,7-9H2,1H3. The average molecular weight is 260 g/mol. The van der Waals surface area contributed by atoms with E-state index in [2.05, 4.69) is 16.7 Å². The fraction of sp³-hybridized carbons (Fsp3) is 0.467. The third-order valence-electron chi connectivity index (χ3n) is 3.25. The molecular weight excluding hydrogens is 240 g/mol. The van der Waals surface area contributed by atoms with Crippen LogP contribution in [0.15, 0.2) is 28.2 Å². The maximum atomic E-state index is 9.54. The summed E-state index contributed by atoms with van der Waals surface area (Å²) in [6.07, 6.45) is 3.98. The Morgan fingerprint density at radius 2 is 2.32 bits per heavy atom. The number of ether oxygens (including phenoxy) is 1. The minimum absolute atomic E-state index is 0.0638. The fourth-order valence-electron chi connectivity index (χ4n) is 2.30. The molecule has 1 fully saturated rings. The summed E-state index contributed by atoms with van der Waals surface area (Å²) in [7, 11) is 0. The van der Waals surface area contributed by atoms with Crippen LogP contribution in [-0.4, -0.2) is 36.8 Å². The number of aliphatic hydroxyl groups is 1. The molecule has 0 spiro atoms. The SMILES string of the molecule is C=Nc1c(C=NCC)cccc1OC1CCC(O)C1. The summed E-state index contributed by atoms with van der Waals surface area (Å²) in [5, 5.41) is 9.54. The summed E-state index contributed by atoms with van der Waals surface area (Å²) in [4.78, 5) is 8.28. The molecule has 0 amide bonds. The van der Waals surface area contributed by atoms with Gasteiger partial charge in [-0.2, -0.15) is 0 Å². The molecule has 19 heavy (non-hydrogen) atoms. The zero-order chi connectivity index (χ0) is 13.7. The third-order valence-corrected chi connectivity index (χ3v) is 3.25. The minimum Gasteiger partial charge on any atom is -0.488 e. The van der Waals surface area contributed by atoms with Crippen molar-refractivity contribution in [2.24, 2.45) is 9.98 Å². The van der Waals surface area contributed by atoms with Gasteiger partial charge in [-0.05, 0) is 32.5 Å². The van der Waals surface area contributed by atoms with Crippen molar-refractivity contribution in [3.8, 4) is 5.75 Å². The van der Waals surface area contributed by atoms with Crippen LogP contribution in [0.1, 0.15) is 31.7 Å². The summed E-state index contributed by atoms with van der Waals surface area (Å²) in [5.74, 6) is 0.717. The number of benzene rings is 1. The predicted molar refractivity (Wildman–Crippen MR) is 78.1 cm³/mol. The van der Waals surface area contributed by atoms with Gasteiger partial charge in [0, 0.05) is 24.7 Å². The van der Waals surface area contributed by atoms with Gasteiger partial charge < -0.3 is 9.84 Å². The van der Waals surface area contributed by atoms with Crippen LogP contribution in [0.4, 0.5) is 5.69 Å². The molecule has 102 valence electrons. The minimum atomic E-state index is -0.241. The van der Waals surface area contributed by atoms with Crippen LogP contribution in [0.3, 0.4) is 0 Å². The number of rotatable bonds is 5. The molecule has 2 rings (SSSR count). The molecule has 1 aromatic rings. The first-order valence-corrected chi connectivity index (χ1v) is 6.69. The van der Waals surface area contributed by atoms with Gasteiger partial charge >= 0.3 is 0 Å². The molecule has 2 atom stereocenters. The fourth-order valence-corrected chi connectivity index (χ4v) is 2.30. The van der Waals surface area contributed by atoms with E-state index in [4.69, 9.17) is 4.74 Å². The van der Waals surface area contributed by atoms with E-state index in [1.165, 1.54) is 0 Å². The Labute approximate surface area is 113 Å². The molecule has 1 N–H and O–H groups in total. The monoisotopic (exact) mass is 260 g/mol. The van der Waals surface area contributed by atoms with Gasteiger partial charge in [0.05, 0.1) is 6.10 Å². The van der Waals surface area contributed by atoms with E-state index in [9.17, 15) is 5.11 Å². The summed E-state index contributed by atoms with van der Waals surface area (Å²) >= 11 is 0. The first-order chi connectivity index (χ1) is 9.24. The van der Waals surface area contributed by atoms with Gasteiger partial charge in [-0.15, -0.1) is 0 Å². The van der Waals surface area contributed by atoms with Crippen LogP contribution >= 0.6 is 0 Å². The highest BCUT2D eigenvalue weighted by molar-refractivity contribution is 5.89. The Hall–Kier alpha value is -1.68. The molecule has 0 radical (unpaired) electrons. The second-order valence-corrected chi connectivity index (χ2v) is 4.69. The highest BCUT2D eigenvalue weighted by Gasteiger charge is 2.25. The largest absolute Gasteiger partial charge is 0.488 e. The highest BCUT2D eigenvalue weighted by Crippen LogP contribution is 2.33. The number of aliphatic imine (C=N–C) groups is 2. The van der Waals surface area contributed by atoms with Gasteiger partial charge in [-0.1, -0.05) is 12.1 Å². The Balaban J connectivity index is 2.19. The van der Waals surface area contributed by atoms with Gasteiger partial charge in [0.15, 0.2) is 0 Å². The maximum Gasteiger partial charge on any atom is 0.145 e. The van der Waals surface area contributed by atoms with Gasteiger partial charge in [-0.25, -0.2) is 0 Å². The van der Waals surface area contributed by atoms with Gasteiger partial charge in [0.25, 0.3) is 0 Å². The van der Waals surface area contributed by atoms with Crippen LogP contribution < -0.4 is 4.74 Å². The molecule has 2 unspecified atom stereocenters. The molecule has 4 nitrogen and oxygen atoms in total. The van der Waals surface area contributed by atoms with Gasteiger partial charge in [0.2, 0.25) is 0 Å². The molecule has 1 saturated carbocycles. The van der Waals surface area contributed by atoms with Crippen molar-refractivity contribution in [2.45, 2.75) is 38.4 Å². The van der Waals surface area contributed by atoms with E-state index < -0.39 is 0 Å². The molecular formula is C15H20N2O2. The third kappa shape index (κ3) is 3.41. The average Bonchev–Trinajstić information content (AvgIpc) is 2.82. The summed E-state index contributed by atoms with van der Waals surface area (Å²) in [5.41, 5.74) is 1.63. The molecule has 0 heterocycles. The van der Waals surface area contributed by atoms with Gasteiger partial charge in [0.1, 0.15) is 17.5 Å². The van der Waals surface area contributed by atoms with Crippen LogP contribution in [0.5, 0.6) is 5.75 Å². The maximum absolute atomic E-state index is 9.54. The van der Waals surface area contributed by atoms with Crippen molar-refractivity contribution in [1.82, 2.24) is 0 Å². The van der Waals surface area contributed by atoms with Crippen molar-refractivity contribution in [3.63, 3.8) is 0 Å². The number of hydrogen-bond acceptors (Lipinski definition) is 4. The second kappa shape index (κ2) is 6.48. The lowest BCUT2D eigenvalue weighted by atomic mass is 10.1. The molecule has 0 aromatic heterocycles. The molecule has 0 aliphatic heterocycles. The van der Waals surface area contributed by atoms with E-state index in [0.717, 1.165) is 30.6 Å². The lowest BCUT2D eigenvalue weighted by molar-refractivity contribution is 0.150. The van der Waals surface area contributed by atoms with Crippen molar-refractivity contribution < 1.29 is 9.84 Å². The normalized spacial score (nSPS) is 22.8. The Kier molecular flexibility index (Phi) is 4.68. The lowest BCUT2D eigenvalue weighted by Crippen LogP contribution is -2.13. The van der Waals surface area contributed by atoms with E-state index in [0.29, 0.717) is 12.2 Å². The van der Waals surface area contributed by atoms with Crippen LogP contribution in [-0.2, 0) is 0 Å². The first-order valence-electron chi connectivity index (χ1n) is 6.69. The van der Waals surface area contributed by atoms with Crippen LogP contribution in [0.2, 0.25) is 0 Å². The Morgan fingerprint density at radius 1 is 1.47 bits per heavy atom. The second-order valence-electron chi connectivity index (χ2n) is 4.69. The van der Waals surface area contributed by atoms with Crippen LogP contribution in [0, 0.1) is 0 Å². The Morgan fingerprint density at radius 3 is 2.95 bits per heavy atom. The quantitative estimate of drug-likeness (QED) is 0.828. The molecule has 1 aliphatic carbocycles. The lowest BCUT2D eigenvalue weighted by Gasteiger charge is -2.15. The molecule has 0 saturated heterocycles. The zero-order valence-corrected chi connectivity index (χ0v) is 11.2. The molecule has 1 aliphatic rings. The number of para-hydroxylation sites is 1. The summed E-state index contributed by atoms with van der Waals surface area (Å²) < 4.78 is 5.93. The van der Waals surface area contributed by atoms with Crippen molar-refractivity contribution in [2.75, 3.05) is 6.54 Å². The highest BCUT2D eigenvalue weighted by atomic mass is 16.5. The van der Waals surface area contributed by atoms with Crippen molar-refractivity contribution in [1.29, 1.82) is 0 Å². The van der Waals surface area contributed by atoms with Crippen molar-refractivity contribution >= 4 is 18.6 Å². The van der Waals surface area contributed by atoms with E-state index >= 15 is 0 Å². The topological polar surface area (TPSA) is 54.2 Å². The summed E-state index contributed by atoms with van der Waals surface area (Å²) in [6, 6.07) is 5.75. The number of aliphatic hydroxyl groups excluding tert-OH is 1. The molecule has 1 aromatic carbocycles. The Bertz CT molecular complexity index is 471. The number of nitrogens with zero attached hydrogens (tertiary/aromatic N) is 2. The molecule has 4 heteroatoms. The van der Waals surface area contributed by atoms with E-state index in [-0.39, 0.29) is 12.2 Å². The first kappa shape index (κ1) is 13.7. The summed E-state index contributed by atoms with van der Waals surface area (Å²) in [6.45, 7) is 6.33. The smallest absolute Gasteiger partial charge is 0.145 e. The van der Waals surface area contributed by atoms with E-state index in [1.54, 1.807) is 6.21 Å². The van der Waals surface area contributed by atoms with Crippen LogP contribution in [0.25, 0.3) is 0 Å². The zero-order valence-electron chi connectivity index (χ0n) is 11.2. The van der Waals surface area contributed by atoms with Crippen molar-refractivity contribution in [3.05, 3.63) is 23.8 Å². The predicted octanol–water partition coefficient (Wildman–Crippen LogP) is 2.75.